The highest BCUT2D eigenvalue weighted by Crippen LogP contribution is 2.35. The Morgan fingerprint density at radius 3 is 2.54 bits per heavy atom. The number of methoxy groups -OCH3 is 1. The Kier molecular flexibility index (Phi) is 3.83. The molecular formula is C15H16N2O6S. The van der Waals surface area contributed by atoms with E-state index < -0.39 is 27.7 Å². The predicted molar refractivity (Wildman–Crippen MR) is 82.1 cm³/mol. The Bertz CT molecular complexity index is 861. The largest absolute Gasteiger partial charge is 0.497 e. The third-order valence-corrected chi connectivity index (χ3v) is 5.39. The normalized spacial score (nSPS) is 20.8. The van der Waals surface area contributed by atoms with E-state index in [1.54, 1.807) is 0 Å². The number of fused-ring (bicyclic) bond motifs is 1. The van der Waals surface area contributed by atoms with Gasteiger partial charge in [-0.1, -0.05) is 0 Å². The Labute approximate surface area is 138 Å². The number of hydrogen-bond donors (Lipinski definition) is 1. The second-order valence-electron chi connectivity index (χ2n) is 5.82. The zero-order chi connectivity index (χ0) is 17.6. The van der Waals surface area contributed by atoms with Crippen molar-refractivity contribution >= 4 is 27.6 Å². The molecule has 0 spiro atoms. The number of benzene rings is 1. The van der Waals surface area contributed by atoms with Crippen LogP contribution in [0, 0.1) is 0 Å². The number of carbonyl (C=O) groups is 3. The fraction of sp³-hybridized carbons (Fsp3) is 0.400. The first kappa shape index (κ1) is 16.4. The van der Waals surface area contributed by atoms with Crippen molar-refractivity contribution in [3.63, 3.8) is 0 Å². The highest BCUT2D eigenvalue weighted by Gasteiger charge is 2.41. The van der Waals surface area contributed by atoms with E-state index in [-0.39, 0.29) is 41.5 Å². The molecule has 0 bridgehead atoms. The van der Waals surface area contributed by atoms with Crippen LogP contribution in [0.5, 0.6) is 5.75 Å². The molecule has 2 heterocycles. The number of carbonyl (C=O) groups excluding carboxylic acids is 3. The topological polar surface area (TPSA) is 110 Å². The monoisotopic (exact) mass is 352 g/mol. The zero-order valence-corrected chi connectivity index (χ0v) is 14.0. The molecule has 128 valence electrons. The van der Waals surface area contributed by atoms with Crippen LogP contribution in [0.2, 0.25) is 0 Å². The summed E-state index contributed by atoms with van der Waals surface area (Å²) in [7, 11) is -2.19. The lowest BCUT2D eigenvalue weighted by Gasteiger charge is -2.29. The lowest BCUT2D eigenvalue weighted by molar-refractivity contribution is -0.136. The van der Waals surface area contributed by atoms with Crippen LogP contribution in [0.1, 0.15) is 28.8 Å². The smallest absolute Gasteiger partial charge is 0.255 e. The highest BCUT2D eigenvalue weighted by atomic mass is 32.2. The van der Waals surface area contributed by atoms with Gasteiger partial charge in [-0.05, 0) is 18.6 Å². The number of hydrogen-bond acceptors (Lipinski definition) is 6. The molecule has 9 heteroatoms. The maximum Gasteiger partial charge on any atom is 0.255 e. The molecule has 0 aliphatic carbocycles. The van der Waals surface area contributed by atoms with Gasteiger partial charge in [0.25, 0.3) is 5.91 Å². The van der Waals surface area contributed by atoms with Crippen LogP contribution in [0.4, 0.5) is 0 Å². The first-order valence-corrected chi connectivity index (χ1v) is 9.17. The summed E-state index contributed by atoms with van der Waals surface area (Å²) in [4.78, 5) is 37.3. The molecule has 2 aliphatic rings. The van der Waals surface area contributed by atoms with Crippen molar-refractivity contribution in [1.29, 1.82) is 0 Å². The van der Waals surface area contributed by atoms with Gasteiger partial charge in [-0.25, -0.2) is 8.42 Å². The van der Waals surface area contributed by atoms with Gasteiger partial charge in [-0.2, -0.15) is 0 Å². The van der Waals surface area contributed by atoms with Crippen molar-refractivity contribution in [3.8, 4) is 5.75 Å². The highest BCUT2D eigenvalue weighted by molar-refractivity contribution is 7.90. The van der Waals surface area contributed by atoms with E-state index in [0.29, 0.717) is 5.56 Å². The van der Waals surface area contributed by atoms with E-state index in [1.807, 2.05) is 0 Å². The summed E-state index contributed by atoms with van der Waals surface area (Å²) in [6.45, 7) is 0.00679. The minimum Gasteiger partial charge on any atom is -0.497 e. The first-order chi connectivity index (χ1) is 11.2. The molecule has 8 nitrogen and oxygen atoms in total. The summed E-state index contributed by atoms with van der Waals surface area (Å²) in [5, 5.41) is 2.21. The molecule has 3 amide bonds. The van der Waals surface area contributed by atoms with Crippen molar-refractivity contribution < 1.29 is 27.5 Å². The van der Waals surface area contributed by atoms with Gasteiger partial charge in [0.05, 0.1) is 12.0 Å². The van der Waals surface area contributed by atoms with Crippen LogP contribution in [0.3, 0.4) is 0 Å². The van der Waals surface area contributed by atoms with Crippen LogP contribution >= 0.6 is 0 Å². The molecule has 0 saturated carbocycles. The van der Waals surface area contributed by atoms with Gasteiger partial charge >= 0.3 is 0 Å². The minimum absolute atomic E-state index is 0.00679. The van der Waals surface area contributed by atoms with Crippen LogP contribution in [0.25, 0.3) is 0 Å². The number of imide groups is 1. The number of nitrogens with zero attached hydrogens (tertiary/aromatic N) is 1. The fourth-order valence-electron chi connectivity index (χ4n) is 3.05. The van der Waals surface area contributed by atoms with Gasteiger partial charge < -0.3 is 9.64 Å². The number of rotatable bonds is 3. The summed E-state index contributed by atoms with van der Waals surface area (Å²) in [6.07, 6.45) is 1.41. The van der Waals surface area contributed by atoms with Gasteiger partial charge in [-0.15, -0.1) is 0 Å². The van der Waals surface area contributed by atoms with Gasteiger partial charge in [0.2, 0.25) is 11.8 Å². The summed E-state index contributed by atoms with van der Waals surface area (Å²) in [5.41, 5.74) is 0.562. The van der Waals surface area contributed by atoms with E-state index in [1.165, 1.54) is 24.1 Å². The first-order valence-electron chi connectivity index (χ1n) is 7.28. The summed E-state index contributed by atoms with van der Waals surface area (Å²) in [5.74, 6) is -1.10. The maximum absolute atomic E-state index is 12.7. The number of amides is 3. The van der Waals surface area contributed by atoms with Crippen molar-refractivity contribution in [2.75, 3.05) is 13.4 Å². The molecule has 3 rings (SSSR count). The van der Waals surface area contributed by atoms with Gasteiger partial charge in [0.15, 0.2) is 9.84 Å². The second kappa shape index (κ2) is 5.59. The molecule has 1 fully saturated rings. The van der Waals surface area contributed by atoms with E-state index in [4.69, 9.17) is 4.74 Å². The number of piperidine rings is 1. The standard InChI is InChI=1S/C15H16N2O6S/c1-23-8-5-9-10(12(6-8)24(2,21)22)7-17(15(9)20)11-3-4-13(18)16-14(11)19/h5-6,11H,3-4,7H2,1-2H3,(H,16,18,19). The van der Waals surface area contributed by atoms with Crippen LogP contribution in [-0.2, 0) is 26.0 Å². The van der Waals surface area contributed by atoms with E-state index >= 15 is 0 Å². The summed E-state index contributed by atoms with van der Waals surface area (Å²) < 4.78 is 29.2. The molecule has 1 unspecified atom stereocenters. The Balaban J connectivity index is 2.04. The van der Waals surface area contributed by atoms with E-state index in [9.17, 15) is 22.8 Å². The number of nitrogens with one attached hydrogen (secondary N) is 1. The second-order valence-corrected chi connectivity index (χ2v) is 7.81. The van der Waals surface area contributed by atoms with E-state index in [0.717, 1.165) is 6.26 Å². The summed E-state index contributed by atoms with van der Waals surface area (Å²) in [6, 6.07) is 2.05. The molecule has 0 radical (unpaired) electrons. The maximum atomic E-state index is 12.7. The molecule has 24 heavy (non-hydrogen) atoms. The molecule has 1 N–H and O–H groups in total. The lowest BCUT2D eigenvalue weighted by atomic mass is 10.0. The van der Waals surface area contributed by atoms with Gasteiger partial charge in [-0.3, -0.25) is 19.7 Å². The molecule has 1 saturated heterocycles. The van der Waals surface area contributed by atoms with Crippen molar-refractivity contribution in [1.82, 2.24) is 10.2 Å². The van der Waals surface area contributed by atoms with Gasteiger partial charge in [0.1, 0.15) is 11.8 Å². The van der Waals surface area contributed by atoms with Crippen molar-refractivity contribution in [2.24, 2.45) is 0 Å². The summed E-state index contributed by atoms with van der Waals surface area (Å²) >= 11 is 0. The van der Waals surface area contributed by atoms with Crippen molar-refractivity contribution in [2.45, 2.75) is 30.3 Å². The zero-order valence-electron chi connectivity index (χ0n) is 13.2. The average Bonchev–Trinajstić information content (AvgIpc) is 2.82. The van der Waals surface area contributed by atoms with Crippen LogP contribution < -0.4 is 10.1 Å². The Hall–Kier alpha value is -2.42. The van der Waals surface area contributed by atoms with Gasteiger partial charge in [0, 0.05) is 30.3 Å². The minimum atomic E-state index is -3.57. The molecule has 1 aromatic rings. The van der Waals surface area contributed by atoms with E-state index in [2.05, 4.69) is 5.32 Å². The SMILES string of the molecule is COc1cc2c(c(S(C)(=O)=O)c1)CN(C1CCC(=O)NC1=O)C2=O. The average molecular weight is 352 g/mol. The molecule has 1 aromatic carbocycles. The Morgan fingerprint density at radius 1 is 1.25 bits per heavy atom. The van der Waals surface area contributed by atoms with Crippen LogP contribution in [0.15, 0.2) is 17.0 Å². The molecular weight excluding hydrogens is 336 g/mol. The third kappa shape index (κ3) is 2.64. The quantitative estimate of drug-likeness (QED) is 0.758. The number of ether oxygens (including phenoxy) is 1. The Morgan fingerprint density at radius 2 is 1.96 bits per heavy atom. The molecule has 2 aliphatic heterocycles. The lowest BCUT2D eigenvalue weighted by Crippen LogP contribution is -2.52. The third-order valence-electron chi connectivity index (χ3n) is 4.22. The predicted octanol–water partition coefficient (Wildman–Crippen LogP) is -0.140. The van der Waals surface area contributed by atoms with Crippen LogP contribution in [-0.4, -0.2) is 50.4 Å². The number of sulfone groups is 1. The molecule has 0 aromatic heterocycles. The van der Waals surface area contributed by atoms with Crippen molar-refractivity contribution in [3.05, 3.63) is 23.3 Å². The molecule has 1 atom stereocenters. The fourth-order valence-corrected chi connectivity index (χ4v) is 4.00.